The van der Waals surface area contributed by atoms with Crippen molar-refractivity contribution in [1.82, 2.24) is 15.0 Å². The van der Waals surface area contributed by atoms with E-state index in [9.17, 15) is 9.59 Å². The van der Waals surface area contributed by atoms with Gasteiger partial charge in [-0.3, -0.25) is 9.59 Å². The average Bonchev–Trinajstić information content (AvgIpc) is 3.58. The minimum atomic E-state index is -0.335. The molecule has 0 unspecified atom stereocenters. The molecular formula is C26H24N4O4. The van der Waals surface area contributed by atoms with E-state index < -0.39 is 0 Å². The molecule has 5 rings (SSSR count). The molecule has 0 atom stereocenters. The van der Waals surface area contributed by atoms with E-state index in [2.05, 4.69) is 15.5 Å². The lowest BCUT2D eigenvalue weighted by Crippen LogP contribution is -2.38. The number of aryl methyl sites for hydroxylation is 1. The lowest BCUT2D eigenvalue weighted by molar-refractivity contribution is 0.0704. The maximum Gasteiger partial charge on any atom is 0.291 e. The Kier molecular flexibility index (Phi) is 5.95. The van der Waals surface area contributed by atoms with Gasteiger partial charge in [0.25, 0.3) is 11.8 Å². The van der Waals surface area contributed by atoms with Gasteiger partial charge in [-0.25, -0.2) is 0 Å². The van der Waals surface area contributed by atoms with E-state index in [1.807, 2.05) is 36.1 Å². The number of amides is 2. The fraction of sp³-hybridized carbons (Fsp3) is 0.231. The zero-order valence-electron chi connectivity index (χ0n) is 18.7. The minimum absolute atomic E-state index is 0.0340. The van der Waals surface area contributed by atoms with Crippen LogP contribution in [0, 0.1) is 6.92 Å². The molecule has 1 fully saturated rings. The maximum absolute atomic E-state index is 13.0. The number of hydrogen-bond donors (Lipinski definition) is 1. The summed E-state index contributed by atoms with van der Waals surface area (Å²) in [4.78, 5) is 31.5. The molecule has 0 aliphatic carbocycles. The average molecular weight is 457 g/mol. The topological polar surface area (TPSA) is 101 Å². The number of likely N-dealkylation sites (tertiary alicyclic amines) is 1. The van der Waals surface area contributed by atoms with Crippen LogP contribution in [-0.4, -0.2) is 39.9 Å². The number of piperidine rings is 1. The number of carbonyl (C=O) groups is 2. The van der Waals surface area contributed by atoms with Gasteiger partial charge in [-0.1, -0.05) is 35.0 Å². The van der Waals surface area contributed by atoms with Crippen molar-refractivity contribution in [3.8, 4) is 11.4 Å². The quantitative estimate of drug-likeness (QED) is 0.458. The van der Waals surface area contributed by atoms with Crippen LogP contribution in [0.25, 0.3) is 11.4 Å². The molecule has 34 heavy (non-hydrogen) atoms. The molecule has 2 aromatic heterocycles. The summed E-state index contributed by atoms with van der Waals surface area (Å²) >= 11 is 0. The van der Waals surface area contributed by atoms with Gasteiger partial charge in [-0.15, -0.1) is 0 Å². The number of aromatic nitrogens is 2. The fourth-order valence-electron chi connectivity index (χ4n) is 4.03. The smallest absolute Gasteiger partial charge is 0.291 e. The molecule has 1 aliphatic rings. The van der Waals surface area contributed by atoms with E-state index in [4.69, 9.17) is 8.94 Å². The third-order valence-electron chi connectivity index (χ3n) is 6.02. The Morgan fingerprint density at radius 1 is 1.00 bits per heavy atom. The summed E-state index contributed by atoms with van der Waals surface area (Å²) in [6, 6.07) is 18.1. The molecule has 3 heterocycles. The molecule has 8 nitrogen and oxygen atoms in total. The second-order valence-electron chi connectivity index (χ2n) is 8.40. The van der Waals surface area contributed by atoms with Crippen molar-refractivity contribution < 1.29 is 18.5 Å². The van der Waals surface area contributed by atoms with E-state index in [-0.39, 0.29) is 23.5 Å². The van der Waals surface area contributed by atoms with Gasteiger partial charge in [0.1, 0.15) is 0 Å². The molecule has 1 saturated heterocycles. The SMILES string of the molecule is Cc1ccc(-c2noc(C3CCN(C(=O)c4ccc(NC(=O)c5ccco5)cc4)CC3)n2)cc1. The second kappa shape index (κ2) is 9.35. The van der Waals surface area contributed by atoms with Gasteiger partial charge >= 0.3 is 0 Å². The molecule has 0 bridgehead atoms. The number of rotatable bonds is 5. The largest absolute Gasteiger partial charge is 0.459 e. The molecule has 4 aromatic rings. The summed E-state index contributed by atoms with van der Waals surface area (Å²) in [5.41, 5.74) is 3.28. The van der Waals surface area contributed by atoms with Crippen LogP contribution >= 0.6 is 0 Å². The molecule has 2 aromatic carbocycles. The molecule has 0 radical (unpaired) electrons. The third kappa shape index (κ3) is 4.61. The Labute approximate surface area is 196 Å². The highest BCUT2D eigenvalue weighted by atomic mass is 16.5. The molecule has 1 N–H and O–H groups in total. The predicted octanol–water partition coefficient (Wildman–Crippen LogP) is 4.91. The van der Waals surface area contributed by atoms with Crippen molar-refractivity contribution in [2.45, 2.75) is 25.7 Å². The third-order valence-corrected chi connectivity index (χ3v) is 6.02. The van der Waals surface area contributed by atoms with E-state index in [0.717, 1.165) is 18.4 Å². The van der Waals surface area contributed by atoms with Gasteiger partial charge in [0.2, 0.25) is 11.7 Å². The molecule has 1 aliphatic heterocycles. The van der Waals surface area contributed by atoms with Crippen molar-refractivity contribution in [3.05, 3.63) is 89.7 Å². The Morgan fingerprint density at radius 3 is 2.41 bits per heavy atom. The fourth-order valence-corrected chi connectivity index (χ4v) is 4.03. The number of hydrogen-bond acceptors (Lipinski definition) is 6. The molecule has 0 saturated carbocycles. The van der Waals surface area contributed by atoms with Crippen LogP contribution in [-0.2, 0) is 0 Å². The van der Waals surface area contributed by atoms with Crippen molar-refractivity contribution in [2.24, 2.45) is 0 Å². The normalized spacial score (nSPS) is 14.2. The Morgan fingerprint density at radius 2 is 1.74 bits per heavy atom. The molecule has 172 valence electrons. The zero-order chi connectivity index (χ0) is 23.5. The van der Waals surface area contributed by atoms with Crippen LogP contribution in [0.15, 0.2) is 75.9 Å². The van der Waals surface area contributed by atoms with Crippen LogP contribution in [0.2, 0.25) is 0 Å². The van der Waals surface area contributed by atoms with E-state index in [1.165, 1.54) is 11.8 Å². The predicted molar refractivity (Wildman–Crippen MR) is 125 cm³/mol. The summed E-state index contributed by atoms with van der Waals surface area (Å²) in [6.45, 7) is 3.26. The summed E-state index contributed by atoms with van der Waals surface area (Å²) in [5.74, 6) is 1.21. The molecule has 0 spiro atoms. The molecule has 8 heteroatoms. The van der Waals surface area contributed by atoms with Gasteiger partial charge < -0.3 is 19.2 Å². The van der Waals surface area contributed by atoms with Crippen LogP contribution in [0.1, 0.15) is 51.1 Å². The minimum Gasteiger partial charge on any atom is -0.459 e. The zero-order valence-corrected chi connectivity index (χ0v) is 18.7. The highest BCUT2D eigenvalue weighted by molar-refractivity contribution is 6.02. The number of nitrogens with one attached hydrogen (secondary N) is 1. The van der Waals surface area contributed by atoms with Crippen LogP contribution < -0.4 is 5.32 Å². The van der Waals surface area contributed by atoms with Gasteiger partial charge in [0.05, 0.1) is 6.26 Å². The first kappa shape index (κ1) is 21.6. The lowest BCUT2D eigenvalue weighted by Gasteiger charge is -2.30. The standard InChI is InChI=1S/C26H24N4O4/c1-17-4-6-18(7-5-17)23-28-25(34-29-23)19-12-14-30(15-13-19)26(32)20-8-10-21(11-9-20)27-24(31)22-3-2-16-33-22/h2-11,16,19H,12-15H2,1H3,(H,27,31). The number of anilines is 1. The Hall–Kier alpha value is -4.20. The molecule has 2 amide bonds. The van der Waals surface area contributed by atoms with Gasteiger partial charge in [0.15, 0.2) is 5.76 Å². The van der Waals surface area contributed by atoms with E-state index in [1.54, 1.807) is 36.4 Å². The van der Waals surface area contributed by atoms with Crippen molar-refractivity contribution >= 4 is 17.5 Å². The first-order chi connectivity index (χ1) is 16.6. The second-order valence-corrected chi connectivity index (χ2v) is 8.40. The number of carbonyl (C=O) groups excluding carboxylic acids is 2. The maximum atomic E-state index is 13.0. The highest BCUT2D eigenvalue weighted by Gasteiger charge is 2.28. The lowest BCUT2D eigenvalue weighted by atomic mass is 9.96. The Balaban J connectivity index is 1.17. The van der Waals surface area contributed by atoms with Gasteiger partial charge in [0, 0.05) is 35.8 Å². The summed E-state index contributed by atoms with van der Waals surface area (Å²) in [5, 5.41) is 6.89. The van der Waals surface area contributed by atoms with Gasteiger partial charge in [-0.05, 0) is 56.2 Å². The van der Waals surface area contributed by atoms with Crippen LogP contribution in [0.4, 0.5) is 5.69 Å². The van der Waals surface area contributed by atoms with Crippen LogP contribution in [0.5, 0.6) is 0 Å². The van der Waals surface area contributed by atoms with E-state index >= 15 is 0 Å². The van der Waals surface area contributed by atoms with Crippen molar-refractivity contribution in [2.75, 3.05) is 18.4 Å². The van der Waals surface area contributed by atoms with Crippen molar-refractivity contribution in [1.29, 1.82) is 0 Å². The number of benzene rings is 2. The van der Waals surface area contributed by atoms with E-state index in [0.29, 0.717) is 36.1 Å². The molecular weight excluding hydrogens is 432 g/mol. The summed E-state index contributed by atoms with van der Waals surface area (Å²) in [6.07, 6.45) is 2.97. The summed E-state index contributed by atoms with van der Waals surface area (Å²) in [7, 11) is 0. The first-order valence-electron chi connectivity index (χ1n) is 11.2. The highest BCUT2D eigenvalue weighted by Crippen LogP contribution is 2.29. The van der Waals surface area contributed by atoms with Crippen LogP contribution in [0.3, 0.4) is 0 Å². The summed E-state index contributed by atoms with van der Waals surface area (Å²) < 4.78 is 10.6. The van der Waals surface area contributed by atoms with Crippen molar-refractivity contribution in [3.63, 3.8) is 0 Å². The number of furan rings is 1. The monoisotopic (exact) mass is 456 g/mol. The first-order valence-corrected chi connectivity index (χ1v) is 11.2. The number of nitrogens with zero attached hydrogens (tertiary/aromatic N) is 3. The Bertz CT molecular complexity index is 1270. The van der Waals surface area contributed by atoms with Gasteiger partial charge in [-0.2, -0.15) is 4.98 Å².